The summed E-state index contributed by atoms with van der Waals surface area (Å²) < 4.78 is 0. The first-order valence-corrected chi connectivity index (χ1v) is 3.76. The Kier molecular flexibility index (Phi) is 2.70. The Labute approximate surface area is 83.4 Å². The van der Waals surface area contributed by atoms with Crippen LogP contribution >= 0.6 is 0 Å². The fourth-order valence-electron chi connectivity index (χ4n) is 1.03. The minimum atomic E-state index is -1.50. The van der Waals surface area contributed by atoms with Gasteiger partial charge >= 0.3 is 11.9 Å². The third-order valence-electron chi connectivity index (χ3n) is 1.74. The highest BCUT2D eigenvalue weighted by atomic mass is 16.4. The van der Waals surface area contributed by atoms with Crippen LogP contribution in [0, 0.1) is 0 Å². The molecule has 0 saturated heterocycles. The molecule has 1 aromatic carbocycles. The van der Waals surface area contributed by atoms with Crippen molar-refractivity contribution in [2.24, 2.45) is 0 Å². The lowest BCUT2D eigenvalue weighted by molar-refractivity contribution is 0.0693. The van der Waals surface area contributed by atoms with Crippen molar-refractivity contribution in [3.8, 4) is 5.75 Å². The van der Waals surface area contributed by atoms with Gasteiger partial charge in [0.05, 0.1) is 11.1 Å². The van der Waals surface area contributed by atoms with Crippen molar-refractivity contribution in [1.29, 1.82) is 0 Å². The maximum Gasteiger partial charge on any atom is 0.339 e. The zero-order valence-electron chi connectivity index (χ0n) is 7.30. The topological polar surface area (TPSA) is 112 Å². The third kappa shape index (κ3) is 1.93. The Morgan fingerprint density at radius 3 is 2.13 bits per heavy atom. The van der Waals surface area contributed by atoms with Gasteiger partial charge in [-0.05, 0) is 12.1 Å². The number of rotatable bonds is 3. The lowest BCUT2D eigenvalue weighted by Crippen LogP contribution is -2.04. The first-order chi connectivity index (χ1) is 6.97. The summed E-state index contributed by atoms with van der Waals surface area (Å²) >= 11 is 0. The predicted octanol–water partition coefficient (Wildman–Crippen LogP) is 0.601. The van der Waals surface area contributed by atoms with Gasteiger partial charge in [-0.3, -0.25) is 4.79 Å². The summed E-state index contributed by atoms with van der Waals surface area (Å²) in [5, 5.41) is 26.5. The molecule has 0 bridgehead atoms. The Bertz CT molecular complexity index is 448. The Morgan fingerprint density at radius 1 is 1.13 bits per heavy atom. The van der Waals surface area contributed by atoms with Crippen LogP contribution in [0.5, 0.6) is 5.75 Å². The Hall–Kier alpha value is -2.37. The molecule has 6 heteroatoms. The third-order valence-corrected chi connectivity index (χ3v) is 1.74. The van der Waals surface area contributed by atoms with Crippen LogP contribution in [0.4, 0.5) is 0 Å². The predicted molar refractivity (Wildman–Crippen MR) is 47.4 cm³/mol. The van der Waals surface area contributed by atoms with E-state index < -0.39 is 23.3 Å². The molecule has 0 aromatic heterocycles. The zero-order chi connectivity index (χ0) is 11.6. The average molecular weight is 210 g/mol. The number of hydrogen-bond acceptors (Lipinski definition) is 4. The molecule has 0 aliphatic heterocycles. The highest BCUT2D eigenvalue weighted by Gasteiger charge is 2.17. The van der Waals surface area contributed by atoms with Gasteiger partial charge in [-0.15, -0.1) is 0 Å². The van der Waals surface area contributed by atoms with Gasteiger partial charge in [-0.1, -0.05) is 0 Å². The van der Waals surface area contributed by atoms with Gasteiger partial charge in [0.1, 0.15) is 11.3 Å². The number of phenols is 1. The summed E-state index contributed by atoms with van der Waals surface area (Å²) in [4.78, 5) is 31.6. The molecule has 0 amide bonds. The van der Waals surface area contributed by atoms with Gasteiger partial charge in [0.2, 0.25) is 0 Å². The number of hydrogen-bond donors (Lipinski definition) is 3. The van der Waals surface area contributed by atoms with E-state index in [0.29, 0.717) is 0 Å². The average Bonchev–Trinajstić information content (AvgIpc) is 2.17. The number of carbonyl (C=O) groups is 3. The lowest BCUT2D eigenvalue weighted by atomic mass is 10.0. The van der Waals surface area contributed by atoms with E-state index in [4.69, 9.17) is 10.2 Å². The van der Waals surface area contributed by atoms with Gasteiger partial charge < -0.3 is 15.3 Å². The van der Waals surface area contributed by atoms with Crippen molar-refractivity contribution in [2.75, 3.05) is 0 Å². The summed E-state index contributed by atoms with van der Waals surface area (Å²) in [5.41, 5.74) is -1.35. The molecule has 0 aliphatic carbocycles. The van der Waals surface area contributed by atoms with Crippen LogP contribution in [0.25, 0.3) is 0 Å². The number of carbonyl (C=O) groups excluding carboxylic acids is 1. The molecule has 0 spiro atoms. The van der Waals surface area contributed by atoms with Crippen LogP contribution in [-0.4, -0.2) is 33.5 Å². The van der Waals surface area contributed by atoms with Crippen LogP contribution in [-0.2, 0) is 0 Å². The summed E-state index contributed by atoms with van der Waals surface area (Å²) in [6.07, 6.45) is 0.189. The minimum Gasteiger partial charge on any atom is -0.506 e. The molecule has 0 unspecified atom stereocenters. The van der Waals surface area contributed by atoms with Crippen LogP contribution in [0.3, 0.4) is 0 Å². The Balaban J connectivity index is 3.51. The molecule has 0 heterocycles. The molecule has 1 rings (SSSR count). The molecule has 0 radical (unpaired) electrons. The molecule has 0 fully saturated rings. The largest absolute Gasteiger partial charge is 0.506 e. The van der Waals surface area contributed by atoms with Gasteiger partial charge in [0.15, 0.2) is 6.29 Å². The fraction of sp³-hybridized carbons (Fsp3) is 0. The van der Waals surface area contributed by atoms with Crippen molar-refractivity contribution < 1.29 is 29.7 Å². The second kappa shape index (κ2) is 3.79. The van der Waals surface area contributed by atoms with E-state index in [1.807, 2.05) is 0 Å². The van der Waals surface area contributed by atoms with Crippen LogP contribution in [0.1, 0.15) is 31.1 Å². The minimum absolute atomic E-state index is 0.189. The van der Waals surface area contributed by atoms with Crippen molar-refractivity contribution >= 4 is 18.2 Å². The fourth-order valence-corrected chi connectivity index (χ4v) is 1.03. The molecule has 6 nitrogen and oxygen atoms in total. The van der Waals surface area contributed by atoms with E-state index in [9.17, 15) is 19.5 Å². The molecule has 3 N–H and O–H groups in total. The molecule has 78 valence electrons. The summed E-state index contributed by atoms with van der Waals surface area (Å²) in [6, 6.07) is 1.68. The lowest BCUT2D eigenvalue weighted by Gasteiger charge is -2.03. The van der Waals surface area contributed by atoms with Gasteiger partial charge in [-0.25, -0.2) is 9.59 Å². The smallest absolute Gasteiger partial charge is 0.339 e. The normalized spacial score (nSPS) is 9.60. The van der Waals surface area contributed by atoms with E-state index >= 15 is 0 Å². The van der Waals surface area contributed by atoms with Crippen LogP contribution in [0.15, 0.2) is 12.1 Å². The first kappa shape index (κ1) is 10.7. The maximum atomic E-state index is 10.6. The van der Waals surface area contributed by atoms with E-state index in [1.54, 1.807) is 0 Å². The molecule has 0 atom stereocenters. The van der Waals surface area contributed by atoms with Crippen molar-refractivity contribution in [3.63, 3.8) is 0 Å². The van der Waals surface area contributed by atoms with Crippen molar-refractivity contribution in [3.05, 3.63) is 28.8 Å². The molecule has 1 aromatic rings. The number of aldehydes is 1. The molecule has 15 heavy (non-hydrogen) atoms. The number of carboxylic acid groups (broad SMARTS) is 2. The number of carboxylic acids is 2. The molecular weight excluding hydrogens is 204 g/mol. The summed E-state index contributed by atoms with van der Waals surface area (Å²) in [6.45, 7) is 0. The second-order valence-corrected chi connectivity index (χ2v) is 2.69. The zero-order valence-corrected chi connectivity index (χ0v) is 7.30. The number of benzene rings is 1. The highest BCUT2D eigenvalue weighted by molar-refractivity contribution is 5.99. The van der Waals surface area contributed by atoms with Crippen LogP contribution < -0.4 is 0 Å². The highest BCUT2D eigenvalue weighted by Crippen LogP contribution is 2.23. The van der Waals surface area contributed by atoms with Gasteiger partial charge in [0, 0.05) is 0 Å². The second-order valence-electron chi connectivity index (χ2n) is 2.69. The standard InChI is InChI=1S/C9H6O6/c10-3-5-1-4(8(12)13)2-6(7(5)11)9(14)15/h1-3,11H,(H,12,13)(H,14,15). The van der Waals surface area contributed by atoms with E-state index in [2.05, 4.69) is 0 Å². The number of aromatic hydroxyl groups is 1. The Morgan fingerprint density at radius 2 is 1.73 bits per heavy atom. The maximum absolute atomic E-state index is 10.6. The molecule has 0 aliphatic rings. The number of aromatic carboxylic acids is 2. The first-order valence-electron chi connectivity index (χ1n) is 3.76. The molecule has 0 saturated carbocycles. The molecular formula is C9H6O6. The van der Waals surface area contributed by atoms with E-state index in [-0.39, 0.29) is 17.4 Å². The SMILES string of the molecule is O=Cc1cc(C(=O)O)cc(C(=O)O)c1O. The summed E-state index contributed by atoms with van der Waals surface area (Å²) in [5.74, 6) is -3.61. The van der Waals surface area contributed by atoms with Crippen molar-refractivity contribution in [2.45, 2.75) is 0 Å². The van der Waals surface area contributed by atoms with Gasteiger partial charge in [0.25, 0.3) is 0 Å². The van der Waals surface area contributed by atoms with E-state index in [0.717, 1.165) is 12.1 Å². The summed E-state index contributed by atoms with van der Waals surface area (Å²) in [7, 11) is 0. The van der Waals surface area contributed by atoms with Gasteiger partial charge in [-0.2, -0.15) is 0 Å². The quantitative estimate of drug-likeness (QED) is 0.630. The monoisotopic (exact) mass is 210 g/mol. The van der Waals surface area contributed by atoms with E-state index in [1.165, 1.54) is 0 Å². The van der Waals surface area contributed by atoms with Crippen molar-refractivity contribution in [1.82, 2.24) is 0 Å². The van der Waals surface area contributed by atoms with Crippen LogP contribution in [0.2, 0.25) is 0 Å².